The Hall–Kier alpha value is -2.37. The lowest BCUT2D eigenvalue weighted by atomic mass is 9.95. The van der Waals surface area contributed by atoms with E-state index in [9.17, 15) is 19.5 Å². The maximum atomic E-state index is 13.0. The van der Waals surface area contributed by atoms with E-state index in [1.54, 1.807) is 11.8 Å². The molecule has 140 valence electrons. The van der Waals surface area contributed by atoms with E-state index in [2.05, 4.69) is 0 Å². The third-order valence-corrected chi connectivity index (χ3v) is 5.29. The van der Waals surface area contributed by atoms with Crippen molar-refractivity contribution in [2.24, 2.45) is 5.92 Å². The van der Waals surface area contributed by atoms with Crippen molar-refractivity contribution in [3.63, 3.8) is 0 Å². The van der Waals surface area contributed by atoms with Gasteiger partial charge in [-0.05, 0) is 38.2 Å². The number of carbonyl (C=O) groups is 3. The summed E-state index contributed by atoms with van der Waals surface area (Å²) in [6.07, 6.45) is 3.56. The van der Waals surface area contributed by atoms with Crippen molar-refractivity contribution < 1.29 is 19.5 Å². The maximum absolute atomic E-state index is 13.0. The smallest absolute Gasteiger partial charge is 0.326 e. The number of aliphatic carboxylic acids is 1. The van der Waals surface area contributed by atoms with Crippen molar-refractivity contribution in [2.45, 2.75) is 51.1 Å². The Balaban J connectivity index is 1.64. The molecule has 1 aliphatic carbocycles. The lowest BCUT2D eigenvalue weighted by Gasteiger charge is -2.36. The van der Waals surface area contributed by atoms with Crippen molar-refractivity contribution >= 4 is 17.8 Å². The maximum Gasteiger partial charge on any atom is 0.326 e. The van der Waals surface area contributed by atoms with E-state index < -0.39 is 12.0 Å². The molecule has 1 heterocycles. The number of carboxylic acid groups (broad SMARTS) is 1. The number of nitrogens with zero attached hydrogens (tertiary/aromatic N) is 2. The molecule has 26 heavy (non-hydrogen) atoms. The zero-order chi connectivity index (χ0) is 18.7. The molecule has 0 spiro atoms. The summed E-state index contributed by atoms with van der Waals surface area (Å²) in [5, 5.41) is 9.32. The molecule has 2 fully saturated rings. The van der Waals surface area contributed by atoms with Gasteiger partial charge >= 0.3 is 5.97 Å². The average molecular weight is 358 g/mol. The lowest BCUT2D eigenvalue weighted by Crippen LogP contribution is -2.51. The predicted molar refractivity (Wildman–Crippen MR) is 96.4 cm³/mol. The molecule has 2 atom stereocenters. The summed E-state index contributed by atoms with van der Waals surface area (Å²) >= 11 is 0. The first-order chi connectivity index (χ1) is 12.5. The minimum Gasteiger partial charge on any atom is -0.480 e. The monoisotopic (exact) mass is 358 g/mol. The summed E-state index contributed by atoms with van der Waals surface area (Å²) in [5.41, 5.74) is 0.963. The minimum atomic E-state index is -0.974. The third-order valence-electron chi connectivity index (χ3n) is 5.29. The largest absolute Gasteiger partial charge is 0.480 e. The van der Waals surface area contributed by atoms with E-state index in [1.165, 1.54) is 4.90 Å². The highest BCUT2D eigenvalue weighted by Crippen LogP contribution is 2.32. The van der Waals surface area contributed by atoms with Crippen molar-refractivity contribution in [2.75, 3.05) is 13.1 Å². The summed E-state index contributed by atoms with van der Waals surface area (Å²) in [7, 11) is 0. The van der Waals surface area contributed by atoms with Crippen LogP contribution in [0.4, 0.5) is 0 Å². The molecule has 6 heteroatoms. The first-order valence-corrected chi connectivity index (χ1v) is 9.34. The van der Waals surface area contributed by atoms with Crippen LogP contribution in [0.5, 0.6) is 0 Å². The molecule has 1 N–H and O–H groups in total. The van der Waals surface area contributed by atoms with Crippen LogP contribution in [0.25, 0.3) is 0 Å². The Labute approximate surface area is 153 Å². The second-order valence-corrected chi connectivity index (χ2v) is 7.33. The van der Waals surface area contributed by atoms with Crippen LogP contribution in [0, 0.1) is 5.92 Å². The van der Waals surface area contributed by atoms with E-state index in [1.807, 2.05) is 30.3 Å². The zero-order valence-electron chi connectivity index (χ0n) is 15.1. The highest BCUT2D eigenvalue weighted by atomic mass is 16.4. The van der Waals surface area contributed by atoms with Crippen LogP contribution >= 0.6 is 0 Å². The molecule has 1 aliphatic heterocycles. The SMILES string of the molecule is CC(C(=O)O)N(C(=O)C1CCCN(C(=O)Cc2ccccc2)C1)C1CC1. The fourth-order valence-corrected chi connectivity index (χ4v) is 3.66. The van der Waals surface area contributed by atoms with E-state index in [-0.39, 0.29) is 23.8 Å². The molecule has 0 bridgehead atoms. The fourth-order valence-electron chi connectivity index (χ4n) is 3.66. The molecule has 1 aromatic rings. The molecular weight excluding hydrogens is 332 g/mol. The molecular formula is C20H26N2O4. The van der Waals surface area contributed by atoms with Gasteiger partial charge in [-0.15, -0.1) is 0 Å². The molecule has 6 nitrogen and oxygen atoms in total. The van der Waals surface area contributed by atoms with Crippen molar-refractivity contribution in [3.05, 3.63) is 35.9 Å². The number of amides is 2. The Morgan fingerprint density at radius 1 is 1.19 bits per heavy atom. The van der Waals surface area contributed by atoms with Gasteiger partial charge in [0.05, 0.1) is 12.3 Å². The standard InChI is InChI=1S/C20H26N2O4/c1-14(20(25)26)22(17-9-10-17)19(24)16-8-5-11-21(13-16)18(23)12-15-6-3-2-4-7-15/h2-4,6-7,14,16-17H,5,8-13H2,1H3,(H,25,26). The second-order valence-electron chi connectivity index (χ2n) is 7.33. The number of likely N-dealkylation sites (tertiary alicyclic amines) is 1. The molecule has 2 amide bonds. The number of carboxylic acids is 1. The molecule has 1 aromatic carbocycles. The lowest BCUT2D eigenvalue weighted by molar-refractivity contribution is -0.153. The number of rotatable bonds is 6. The van der Waals surface area contributed by atoms with Gasteiger partial charge in [-0.1, -0.05) is 30.3 Å². The topological polar surface area (TPSA) is 77.9 Å². The van der Waals surface area contributed by atoms with Gasteiger partial charge in [0.2, 0.25) is 11.8 Å². The minimum absolute atomic E-state index is 0.0259. The van der Waals surface area contributed by atoms with Crippen molar-refractivity contribution in [3.8, 4) is 0 Å². The van der Waals surface area contributed by atoms with Crippen LogP contribution in [0.1, 0.15) is 38.2 Å². The summed E-state index contributed by atoms with van der Waals surface area (Å²) in [4.78, 5) is 40.3. The molecule has 2 unspecified atom stereocenters. The number of hydrogen-bond donors (Lipinski definition) is 1. The summed E-state index contributed by atoms with van der Waals surface area (Å²) in [5.74, 6) is -1.36. The summed E-state index contributed by atoms with van der Waals surface area (Å²) in [6, 6.07) is 8.81. The number of carbonyl (C=O) groups excluding carboxylic acids is 2. The third kappa shape index (κ3) is 4.23. The highest BCUT2D eigenvalue weighted by molar-refractivity contribution is 5.86. The van der Waals surface area contributed by atoms with Gasteiger partial charge in [-0.2, -0.15) is 0 Å². The number of piperidine rings is 1. The van der Waals surface area contributed by atoms with Gasteiger partial charge in [0.15, 0.2) is 0 Å². The van der Waals surface area contributed by atoms with E-state index in [0.29, 0.717) is 25.9 Å². The van der Waals surface area contributed by atoms with Crippen LogP contribution in [0.3, 0.4) is 0 Å². The molecule has 2 aliphatic rings. The van der Waals surface area contributed by atoms with Crippen molar-refractivity contribution in [1.29, 1.82) is 0 Å². The summed E-state index contributed by atoms with van der Waals surface area (Å²) < 4.78 is 0. The van der Waals surface area contributed by atoms with Crippen LogP contribution in [-0.4, -0.2) is 57.9 Å². The Morgan fingerprint density at radius 3 is 2.50 bits per heavy atom. The molecule has 1 saturated carbocycles. The Bertz CT molecular complexity index is 672. The van der Waals surface area contributed by atoms with E-state index in [0.717, 1.165) is 24.8 Å². The zero-order valence-corrected chi connectivity index (χ0v) is 15.1. The van der Waals surface area contributed by atoms with Gasteiger partial charge in [-0.3, -0.25) is 9.59 Å². The van der Waals surface area contributed by atoms with Gasteiger partial charge in [0.1, 0.15) is 6.04 Å². The van der Waals surface area contributed by atoms with Gasteiger partial charge < -0.3 is 14.9 Å². The number of benzene rings is 1. The van der Waals surface area contributed by atoms with Gasteiger partial charge in [0, 0.05) is 19.1 Å². The normalized spacial score (nSPS) is 21.1. The van der Waals surface area contributed by atoms with Crippen LogP contribution in [0.2, 0.25) is 0 Å². The van der Waals surface area contributed by atoms with E-state index in [4.69, 9.17) is 0 Å². The van der Waals surface area contributed by atoms with Crippen LogP contribution in [-0.2, 0) is 20.8 Å². The van der Waals surface area contributed by atoms with Crippen molar-refractivity contribution in [1.82, 2.24) is 9.80 Å². The predicted octanol–water partition coefficient (Wildman–Crippen LogP) is 1.93. The quantitative estimate of drug-likeness (QED) is 0.843. The van der Waals surface area contributed by atoms with E-state index >= 15 is 0 Å². The van der Waals surface area contributed by atoms with Gasteiger partial charge in [-0.25, -0.2) is 4.79 Å². The Morgan fingerprint density at radius 2 is 1.88 bits per heavy atom. The van der Waals surface area contributed by atoms with Gasteiger partial charge in [0.25, 0.3) is 0 Å². The fraction of sp³-hybridized carbons (Fsp3) is 0.550. The Kier molecular flexibility index (Phi) is 5.59. The first-order valence-electron chi connectivity index (χ1n) is 9.34. The summed E-state index contributed by atoms with van der Waals surface area (Å²) in [6.45, 7) is 2.62. The molecule has 3 rings (SSSR count). The molecule has 0 radical (unpaired) electrons. The molecule has 0 aromatic heterocycles. The second kappa shape index (κ2) is 7.89. The first kappa shape index (κ1) is 18.4. The number of hydrogen-bond acceptors (Lipinski definition) is 3. The van der Waals surface area contributed by atoms with Crippen LogP contribution in [0.15, 0.2) is 30.3 Å². The van der Waals surface area contributed by atoms with Crippen LogP contribution < -0.4 is 0 Å². The highest BCUT2D eigenvalue weighted by Gasteiger charge is 2.42. The molecule has 1 saturated heterocycles. The average Bonchev–Trinajstić information content (AvgIpc) is 3.47.